The molecule has 0 unspecified atom stereocenters. The summed E-state index contributed by atoms with van der Waals surface area (Å²) < 4.78 is 6.58. The Bertz CT molecular complexity index is 1340. The summed E-state index contributed by atoms with van der Waals surface area (Å²) in [5.41, 5.74) is 1.98. The molecule has 3 heterocycles. The Morgan fingerprint density at radius 1 is 1.00 bits per heavy atom. The molecule has 0 radical (unpaired) electrons. The molecule has 0 spiro atoms. The molecular formula is C24H24N6O3. The van der Waals surface area contributed by atoms with E-state index >= 15 is 0 Å². The molecule has 168 valence electrons. The van der Waals surface area contributed by atoms with Gasteiger partial charge in [-0.1, -0.05) is 36.4 Å². The highest BCUT2D eigenvalue weighted by Gasteiger charge is 2.23. The Labute approximate surface area is 190 Å². The monoisotopic (exact) mass is 444 g/mol. The van der Waals surface area contributed by atoms with Crippen molar-refractivity contribution in [1.29, 1.82) is 0 Å². The number of H-pyrrole nitrogens is 1. The zero-order valence-corrected chi connectivity index (χ0v) is 18.3. The van der Waals surface area contributed by atoms with Gasteiger partial charge >= 0.3 is 0 Å². The Morgan fingerprint density at radius 2 is 1.79 bits per heavy atom. The number of aromatic amines is 1. The van der Waals surface area contributed by atoms with Gasteiger partial charge in [0.05, 0.1) is 12.8 Å². The minimum Gasteiger partial charge on any atom is -0.497 e. The molecule has 2 aromatic carbocycles. The van der Waals surface area contributed by atoms with E-state index in [0.29, 0.717) is 61.3 Å². The molecule has 9 nitrogen and oxygen atoms in total. The van der Waals surface area contributed by atoms with Crippen molar-refractivity contribution in [2.24, 2.45) is 0 Å². The van der Waals surface area contributed by atoms with Crippen LogP contribution >= 0.6 is 0 Å². The summed E-state index contributed by atoms with van der Waals surface area (Å²) >= 11 is 0. The molecule has 1 fully saturated rings. The van der Waals surface area contributed by atoms with Gasteiger partial charge in [-0.05, 0) is 18.2 Å². The molecule has 2 aromatic heterocycles. The second-order valence-corrected chi connectivity index (χ2v) is 7.96. The number of carbonyl (C=O) groups excluding carboxylic acids is 1. The molecule has 4 aromatic rings. The number of ether oxygens (including phenoxy) is 1. The zero-order chi connectivity index (χ0) is 22.8. The topological polar surface area (TPSA) is 95.8 Å². The van der Waals surface area contributed by atoms with Gasteiger partial charge in [0.2, 0.25) is 0 Å². The summed E-state index contributed by atoms with van der Waals surface area (Å²) in [6.45, 7) is 3.15. The predicted molar refractivity (Wildman–Crippen MR) is 123 cm³/mol. The maximum atomic E-state index is 12.8. The molecule has 1 amide bonds. The van der Waals surface area contributed by atoms with E-state index in [0.717, 1.165) is 5.56 Å². The van der Waals surface area contributed by atoms with E-state index in [1.54, 1.807) is 19.2 Å². The molecule has 0 atom stereocenters. The van der Waals surface area contributed by atoms with Crippen LogP contribution < -0.4 is 10.3 Å². The molecule has 9 heteroatoms. The molecule has 1 N–H and O–H groups in total. The first-order valence-corrected chi connectivity index (χ1v) is 10.8. The number of nitrogens with zero attached hydrogens (tertiary/aromatic N) is 5. The Kier molecular flexibility index (Phi) is 5.62. The number of rotatable bonds is 5. The van der Waals surface area contributed by atoms with Gasteiger partial charge in [-0.25, -0.2) is 4.98 Å². The number of piperazine rings is 1. The zero-order valence-electron chi connectivity index (χ0n) is 18.3. The van der Waals surface area contributed by atoms with Crippen molar-refractivity contribution in [3.8, 4) is 17.1 Å². The van der Waals surface area contributed by atoms with E-state index in [9.17, 15) is 9.59 Å². The maximum absolute atomic E-state index is 12.8. The van der Waals surface area contributed by atoms with Gasteiger partial charge in [-0.3, -0.25) is 19.6 Å². The summed E-state index contributed by atoms with van der Waals surface area (Å²) in [5, 5.41) is 3.02. The molecule has 5 rings (SSSR count). The lowest BCUT2D eigenvalue weighted by Crippen LogP contribution is -2.48. The highest BCUT2D eigenvalue weighted by molar-refractivity contribution is 5.94. The fraction of sp³-hybridized carbons (Fsp3) is 0.250. The Hall–Kier alpha value is -3.98. The third-order valence-corrected chi connectivity index (χ3v) is 5.79. The molecule has 0 bridgehead atoms. The van der Waals surface area contributed by atoms with Gasteiger partial charge in [0.25, 0.3) is 17.2 Å². The summed E-state index contributed by atoms with van der Waals surface area (Å²) in [4.78, 5) is 38.5. The quantitative estimate of drug-likeness (QED) is 0.506. The summed E-state index contributed by atoms with van der Waals surface area (Å²) in [6, 6.07) is 18.4. The van der Waals surface area contributed by atoms with Gasteiger partial charge in [-0.2, -0.15) is 9.50 Å². The number of methoxy groups -OCH3 is 1. The average Bonchev–Trinajstić information content (AvgIpc) is 3.30. The van der Waals surface area contributed by atoms with Crippen molar-refractivity contribution < 1.29 is 9.53 Å². The predicted octanol–water partition coefficient (Wildman–Crippen LogP) is 2.05. The van der Waals surface area contributed by atoms with Gasteiger partial charge in [0.1, 0.15) is 5.75 Å². The summed E-state index contributed by atoms with van der Waals surface area (Å²) in [5.74, 6) is 1.61. The van der Waals surface area contributed by atoms with Gasteiger partial charge in [0, 0.05) is 49.9 Å². The minimum absolute atomic E-state index is 0.00342. The third kappa shape index (κ3) is 4.35. The Balaban J connectivity index is 1.26. The van der Waals surface area contributed by atoms with Gasteiger partial charge < -0.3 is 9.64 Å². The second-order valence-electron chi connectivity index (χ2n) is 7.96. The van der Waals surface area contributed by atoms with Crippen LogP contribution in [0.2, 0.25) is 0 Å². The molecule has 1 aliphatic heterocycles. The van der Waals surface area contributed by atoms with Crippen molar-refractivity contribution in [3.63, 3.8) is 0 Å². The molecule has 0 saturated carbocycles. The SMILES string of the molecule is COc1cccc(C(=O)N2CCN(Cc3cc(=O)n4[nH]c(-c5ccccc5)nc4n3)CC2)c1. The van der Waals surface area contributed by atoms with Crippen LogP contribution in [0.5, 0.6) is 5.75 Å². The fourth-order valence-electron chi connectivity index (χ4n) is 4.01. The first-order valence-electron chi connectivity index (χ1n) is 10.8. The lowest BCUT2D eigenvalue weighted by atomic mass is 10.1. The molecule has 1 saturated heterocycles. The van der Waals surface area contributed by atoms with Crippen LogP contribution in [0.4, 0.5) is 0 Å². The molecule has 33 heavy (non-hydrogen) atoms. The van der Waals surface area contributed by atoms with Crippen molar-refractivity contribution in [2.45, 2.75) is 6.54 Å². The number of hydrogen-bond donors (Lipinski definition) is 1. The van der Waals surface area contributed by atoms with Crippen LogP contribution in [0.3, 0.4) is 0 Å². The smallest absolute Gasteiger partial charge is 0.274 e. The fourth-order valence-corrected chi connectivity index (χ4v) is 4.01. The van der Waals surface area contributed by atoms with Crippen LogP contribution in [0.25, 0.3) is 17.2 Å². The number of benzene rings is 2. The number of fused-ring (bicyclic) bond motifs is 1. The average molecular weight is 444 g/mol. The number of nitrogens with one attached hydrogen (secondary N) is 1. The van der Waals surface area contributed by atoms with Crippen molar-refractivity contribution in [3.05, 3.63) is 82.3 Å². The molecule has 1 aliphatic rings. The largest absolute Gasteiger partial charge is 0.497 e. The second kappa shape index (κ2) is 8.87. The van der Waals surface area contributed by atoms with Crippen molar-refractivity contribution in [2.75, 3.05) is 33.3 Å². The Morgan fingerprint density at radius 3 is 2.55 bits per heavy atom. The van der Waals surface area contributed by atoms with Crippen LogP contribution in [-0.4, -0.2) is 68.6 Å². The van der Waals surface area contributed by atoms with Crippen LogP contribution in [-0.2, 0) is 6.54 Å². The van der Waals surface area contributed by atoms with Crippen molar-refractivity contribution in [1.82, 2.24) is 29.4 Å². The van der Waals surface area contributed by atoms with E-state index < -0.39 is 0 Å². The van der Waals surface area contributed by atoms with E-state index in [1.807, 2.05) is 47.4 Å². The highest BCUT2D eigenvalue weighted by atomic mass is 16.5. The minimum atomic E-state index is -0.198. The molecule has 0 aliphatic carbocycles. The van der Waals surface area contributed by atoms with Gasteiger partial charge in [-0.15, -0.1) is 0 Å². The van der Waals surface area contributed by atoms with E-state index in [1.165, 1.54) is 10.6 Å². The number of aromatic nitrogens is 4. The lowest BCUT2D eigenvalue weighted by Gasteiger charge is -2.34. The van der Waals surface area contributed by atoms with E-state index in [4.69, 9.17) is 4.74 Å². The maximum Gasteiger partial charge on any atom is 0.274 e. The summed E-state index contributed by atoms with van der Waals surface area (Å²) in [6.07, 6.45) is 0. The van der Waals surface area contributed by atoms with Gasteiger partial charge in [0.15, 0.2) is 5.82 Å². The van der Waals surface area contributed by atoms with E-state index in [-0.39, 0.29) is 11.5 Å². The van der Waals surface area contributed by atoms with Crippen LogP contribution in [0.15, 0.2) is 65.5 Å². The van der Waals surface area contributed by atoms with E-state index in [2.05, 4.69) is 20.0 Å². The summed E-state index contributed by atoms with van der Waals surface area (Å²) in [7, 11) is 1.59. The van der Waals surface area contributed by atoms with Crippen molar-refractivity contribution >= 4 is 11.7 Å². The first-order chi connectivity index (χ1) is 16.1. The standard InChI is InChI=1S/C24H24N6O3/c1-33-20-9-5-8-18(14-20)23(32)29-12-10-28(11-13-29)16-19-15-21(31)30-24(25-19)26-22(27-30)17-6-3-2-4-7-17/h2-9,14-15H,10-13,16H2,1H3,(H,25,26,27). The molecular weight excluding hydrogens is 420 g/mol. The number of carbonyl (C=O) groups is 1. The van der Waals surface area contributed by atoms with Crippen LogP contribution in [0.1, 0.15) is 16.1 Å². The van der Waals surface area contributed by atoms with Crippen LogP contribution in [0, 0.1) is 0 Å². The third-order valence-electron chi connectivity index (χ3n) is 5.79. The first kappa shape index (κ1) is 20.9. The highest BCUT2D eigenvalue weighted by Crippen LogP contribution is 2.17. The normalized spacial score (nSPS) is 14.5. The lowest BCUT2D eigenvalue weighted by molar-refractivity contribution is 0.0626. The number of amides is 1. The number of hydrogen-bond acceptors (Lipinski definition) is 6.